The summed E-state index contributed by atoms with van der Waals surface area (Å²) < 4.78 is 0. The number of nitrogens with one attached hydrogen (secondary N) is 2. The molecule has 1 fully saturated rings. The standard InChI is InChI=1S/C21H24N4S/c1-21(24-20(26-2)23-17-9-4-3-5-10-17)18-11-7-6-8-16(18)14-19(21)25-13-12-22-15-25/h3-11,14,22H,12-13,15H2,1-2H3,(H,23,24). The molecular formula is C21H24N4S. The van der Waals surface area contributed by atoms with Crippen molar-refractivity contribution < 1.29 is 0 Å². The normalized spacial score (nSPS) is 22.3. The zero-order chi connectivity index (χ0) is 18.0. The molecule has 0 bridgehead atoms. The Morgan fingerprint density at radius 1 is 1.15 bits per heavy atom. The van der Waals surface area contributed by atoms with E-state index in [-0.39, 0.29) is 5.54 Å². The molecule has 2 aliphatic rings. The monoisotopic (exact) mass is 364 g/mol. The average Bonchev–Trinajstić information content (AvgIpc) is 3.29. The summed E-state index contributed by atoms with van der Waals surface area (Å²) in [4.78, 5) is 7.63. The van der Waals surface area contributed by atoms with Crippen molar-refractivity contribution in [3.8, 4) is 0 Å². The van der Waals surface area contributed by atoms with Gasteiger partial charge in [-0.3, -0.25) is 5.32 Å². The van der Waals surface area contributed by atoms with E-state index in [2.05, 4.69) is 71.2 Å². The lowest BCUT2D eigenvalue weighted by Gasteiger charge is -2.32. The van der Waals surface area contributed by atoms with Crippen LogP contribution >= 0.6 is 11.8 Å². The van der Waals surface area contributed by atoms with Gasteiger partial charge in [0.25, 0.3) is 0 Å². The Labute approximate surface area is 159 Å². The molecule has 0 aromatic heterocycles. The first kappa shape index (κ1) is 17.2. The minimum atomic E-state index is -0.386. The fourth-order valence-electron chi connectivity index (χ4n) is 3.69. The largest absolute Gasteiger partial charge is 0.358 e. The minimum absolute atomic E-state index is 0.386. The molecule has 1 heterocycles. The summed E-state index contributed by atoms with van der Waals surface area (Å²) in [5, 5.41) is 7.84. The number of nitrogens with zero attached hydrogens (tertiary/aromatic N) is 2. The molecule has 1 aliphatic heterocycles. The summed E-state index contributed by atoms with van der Waals surface area (Å²) in [6.07, 6.45) is 4.37. The van der Waals surface area contributed by atoms with E-state index in [1.54, 1.807) is 11.8 Å². The lowest BCUT2D eigenvalue weighted by molar-refractivity contribution is 0.353. The van der Waals surface area contributed by atoms with E-state index in [4.69, 9.17) is 4.99 Å². The van der Waals surface area contributed by atoms with Crippen LogP contribution in [0, 0.1) is 0 Å². The summed E-state index contributed by atoms with van der Waals surface area (Å²) in [6.45, 7) is 5.15. The number of rotatable bonds is 3. The molecule has 26 heavy (non-hydrogen) atoms. The van der Waals surface area contributed by atoms with E-state index >= 15 is 0 Å². The lowest BCUT2D eigenvalue weighted by Crippen LogP contribution is -2.34. The van der Waals surface area contributed by atoms with Crippen molar-refractivity contribution in [3.05, 3.63) is 71.4 Å². The van der Waals surface area contributed by atoms with Crippen LogP contribution in [-0.4, -0.2) is 36.1 Å². The Bertz CT molecular complexity index is 840. The second-order valence-electron chi connectivity index (χ2n) is 6.72. The smallest absolute Gasteiger partial charge is 0.162 e. The predicted octanol–water partition coefficient (Wildman–Crippen LogP) is 3.95. The van der Waals surface area contributed by atoms with Crippen molar-refractivity contribution in [2.75, 3.05) is 31.3 Å². The van der Waals surface area contributed by atoms with Gasteiger partial charge < -0.3 is 10.2 Å². The third-order valence-corrected chi connectivity index (χ3v) is 5.60. The molecule has 2 N–H and O–H groups in total. The predicted molar refractivity (Wildman–Crippen MR) is 112 cm³/mol. The van der Waals surface area contributed by atoms with Gasteiger partial charge >= 0.3 is 0 Å². The molecule has 0 radical (unpaired) electrons. The molecule has 0 amide bonds. The number of amidine groups is 1. The first-order chi connectivity index (χ1) is 12.7. The van der Waals surface area contributed by atoms with Crippen LogP contribution < -0.4 is 10.6 Å². The van der Waals surface area contributed by atoms with E-state index in [9.17, 15) is 0 Å². The van der Waals surface area contributed by atoms with Gasteiger partial charge in [-0.05, 0) is 42.5 Å². The number of thioether (sulfide) groups is 1. The Morgan fingerprint density at radius 2 is 1.92 bits per heavy atom. The van der Waals surface area contributed by atoms with Gasteiger partial charge in [0, 0.05) is 24.5 Å². The zero-order valence-corrected chi connectivity index (χ0v) is 16.0. The van der Waals surface area contributed by atoms with Crippen LogP contribution in [0.1, 0.15) is 18.1 Å². The quantitative estimate of drug-likeness (QED) is 0.639. The van der Waals surface area contributed by atoms with Gasteiger partial charge in [-0.15, -0.1) is 0 Å². The minimum Gasteiger partial charge on any atom is -0.358 e. The molecule has 1 aliphatic carbocycles. The number of fused-ring (bicyclic) bond motifs is 1. The Balaban J connectivity index is 1.73. The number of anilines is 1. The van der Waals surface area contributed by atoms with E-state index in [0.717, 1.165) is 30.6 Å². The van der Waals surface area contributed by atoms with Crippen LogP contribution in [0.2, 0.25) is 0 Å². The second kappa shape index (κ2) is 7.17. The molecule has 2 aromatic rings. The first-order valence-electron chi connectivity index (χ1n) is 8.94. The molecule has 0 saturated carbocycles. The molecule has 4 nitrogen and oxygen atoms in total. The molecule has 1 saturated heterocycles. The maximum Gasteiger partial charge on any atom is 0.162 e. The van der Waals surface area contributed by atoms with Crippen LogP contribution in [-0.2, 0) is 5.54 Å². The maximum absolute atomic E-state index is 5.22. The van der Waals surface area contributed by atoms with Crippen molar-refractivity contribution in [1.29, 1.82) is 0 Å². The molecule has 1 atom stereocenters. The highest BCUT2D eigenvalue weighted by Gasteiger charge is 2.41. The van der Waals surface area contributed by atoms with Gasteiger partial charge in [0.05, 0.1) is 6.67 Å². The highest BCUT2D eigenvalue weighted by Crippen LogP contribution is 2.45. The maximum atomic E-state index is 5.22. The van der Waals surface area contributed by atoms with E-state index < -0.39 is 0 Å². The van der Waals surface area contributed by atoms with E-state index in [1.807, 2.05) is 18.2 Å². The highest BCUT2D eigenvalue weighted by molar-refractivity contribution is 8.13. The van der Waals surface area contributed by atoms with Gasteiger partial charge in [0.2, 0.25) is 0 Å². The molecule has 1 unspecified atom stereocenters. The van der Waals surface area contributed by atoms with Gasteiger partial charge in [-0.25, -0.2) is 4.99 Å². The summed E-state index contributed by atoms with van der Waals surface area (Å²) in [6, 6.07) is 18.8. The average molecular weight is 365 g/mol. The van der Waals surface area contributed by atoms with Crippen LogP contribution in [0.3, 0.4) is 0 Å². The summed E-state index contributed by atoms with van der Waals surface area (Å²) in [5.41, 5.74) is 4.47. The zero-order valence-electron chi connectivity index (χ0n) is 15.2. The SMILES string of the molecule is CSC(=NC1(C)C(N2CCNC2)=Cc2ccccc21)Nc1ccccc1. The van der Waals surface area contributed by atoms with Crippen molar-refractivity contribution in [1.82, 2.24) is 10.2 Å². The van der Waals surface area contributed by atoms with Crippen LogP contribution in [0.4, 0.5) is 5.69 Å². The van der Waals surface area contributed by atoms with Gasteiger partial charge in [0.1, 0.15) is 5.54 Å². The summed E-state index contributed by atoms with van der Waals surface area (Å²) in [7, 11) is 0. The number of aliphatic imine (C=N–C) groups is 1. The molecule has 4 rings (SSSR count). The number of para-hydroxylation sites is 1. The van der Waals surface area contributed by atoms with Gasteiger partial charge in [-0.1, -0.05) is 54.2 Å². The second-order valence-corrected chi connectivity index (χ2v) is 7.52. The summed E-state index contributed by atoms with van der Waals surface area (Å²) >= 11 is 1.65. The third-order valence-electron chi connectivity index (χ3n) is 5.02. The van der Waals surface area contributed by atoms with Gasteiger partial charge in [-0.2, -0.15) is 0 Å². The Morgan fingerprint density at radius 3 is 2.65 bits per heavy atom. The van der Waals surface area contributed by atoms with Crippen LogP contribution in [0.15, 0.2) is 65.3 Å². The van der Waals surface area contributed by atoms with E-state index in [0.29, 0.717) is 0 Å². The molecule has 5 heteroatoms. The van der Waals surface area contributed by atoms with E-state index in [1.165, 1.54) is 16.8 Å². The number of hydrogen-bond donors (Lipinski definition) is 2. The fraction of sp³-hybridized carbons (Fsp3) is 0.286. The fourth-order valence-corrected chi connectivity index (χ4v) is 4.19. The van der Waals surface area contributed by atoms with Crippen LogP contribution in [0.5, 0.6) is 0 Å². The molecule has 0 spiro atoms. The highest BCUT2D eigenvalue weighted by atomic mass is 32.2. The Hall–Kier alpha value is -2.24. The van der Waals surface area contributed by atoms with Crippen molar-refractivity contribution in [3.63, 3.8) is 0 Å². The molecule has 2 aromatic carbocycles. The van der Waals surface area contributed by atoms with Crippen molar-refractivity contribution >= 4 is 28.7 Å². The topological polar surface area (TPSA) is 39.7 Å². The summed E-state index contributed by atoms with van der Waals surface area (Å²) in [5.74, 6) is 0. The third kappa shape index (κ3) is 3.13. The first-order valence-corrected chi connectivity index (χ1v) is 10.2. The Kier molecular flexibility index (Phi) is 4.74. The molecular weight excluding hydrogens is 340 g/mol. The van der Waals surface area contributed by atoms with Crippen molar-refractivity contribution in [2.45, 2.75) is 12.5 Å². The lowest BCUT2D eigenvalue weighted by atomic mass is 9.92. The number of hydrogen-bond acceptors (Lipinski definition) is 4. The number of benzene rings is 2. The van der Waals surface area contributed by atoms with Crippen LogP contribution in [0.25, 0.3) is 6.08 Å². The van der Waals surface area contributed by atoms with Gasteiger partial charge in [0.15, 0.2) is 5.17 Å². The van der Waals surface area contributed by atoms with Crippen molar-refractivity contribution in [2.24, 2.45) is 4.99 Å². The molecule has 134 valence electrons.